The van der Waals surface area contributed by atoms with Gasteiger partial charge in [-0.3, -0.25) is 19.9 Å². The molecule has 6 nitrogen and oxygen atoms in total. The van der Waals surface area contributed by atoms with E-state index in [4.69, 9.17) is 9.68 Å². The van der Waals surface area contributed by atoms with Crippen molar-refractivity contribution < 1.29 is 14.0 Å². The van der Waals surface area contributed by atoms with E-state index in [1.165, 1.54) is 0 Å². The summed E-state index contributed by atoms with van der Waals surface area (Å²) in [4.78, 5) is 27.5. The van der Waals surface area contributed by atoms with Crippen molar-refractivity contribution in [2.45, 2.75) is 6.42 Å². The number of pyridine rings is 1. The third-order valence-corrected chi connectivity index (χ3v) is 4.69. The molecule has 0 atom stereocenters. The van der Waals surface area contributed by atoms with Crippen LogP contribution in [0.3, 0.4) is 0 Å². The fourth-order valence-corrected chi connectivity index (χ4v) is 3.41. The number of nitriles is 1. The molecule has 1 N–H and O–H groups in total. The summed E-state index contributed by atoms with van der Waals surface area (Å²) in [5, 5.41) is 11.5. The molecule has 3 aromatic rings. The minimum absolute atomic E-state index is 0.291. The van der Waals surface area contributed by atoms with Crippen LogP contribution in [0.2, 0.25) is 0 Å². The summed E-state index contributed by atoms with van der Waals surface area (Å²) in [6.45, 7) is 0. The van der Waals surface area contributed by atoms with Crippen LogP contribution in [0, 0.1) is 11.3 Å². The second-order valence-electron chi connectivity index (χ2n) is 5.64. The van der Waals surface area contributed by atoms with Crippen molar-refractivity contribution in [1.29, 1.82) is 5.26 Å². The lowest BCUT2D eigenvalue weighted by atomic mass is 10.0. The maximum Gasteiger partial charge on any atom is 0.290 e. The van der Waals surface area contributed by atoms with Crippen LogP contribution < -0.4 is 5.32 Å². The zero-order valence-electron chi connectivity index (χ0n) is 13.4. The van der Waals surface area contributed by atoms with Gasteiger partial charge < -0.3 is 4.42 Å². The summed E-state index contributed by atoms with van der Waals surface area (Å²) in [5.74, 6) is 0.0396. The molecule has 7 heteroatoms. The molecule has 2 amide bonds. The Morgan fingerprint density at radius 2 is 2.15 bits per heavy atom. The van der Waals surface area contributed by atoms with Gasteiger partial charge in [-0.05, 0) is 35.0 Å². The SMILES string of the molecule is N#CCc1cccc(-c2cncc3cc(C=C4SC(=O)NC4=O)oc23)c1. The van der Waals surface area contributed by atoms with E-state index >= 15 is 0 Å². The van der Waals surface area contributed by atoms with E-state index in [1.54, 1.807) is 24.5 Å². The molecule has 0 aliphatic carbocycles. The van der Waals surface area contributed by atoms with E-state index in [-0.39, 0.29) is 0 Å². The Balaban J connectivity index is 1.78. The molecule has 2 aromatic heterocycles. The predicted octanol–water partition coefficient (Wildman–Crippen LogP) is 3.88. The monoisotopic (exact) mass is 361 g/mol. The molecular formula is C19H11N3O3S. The number of nitrogens with one attached hydrogen (secondary N) is 1. The van der Waals surface area contributed by atoms with Gasteiger partial charge in [-0.2, -0.15) is 5.26 Å². The van der Waals surface area contributed by atoms with Crippen LogP contribution in [0.5, 0.6) is 0 Å². The quantitative estimate of drug-likeness (QED) is 0.711. The topological polar surface area (TPSA) is 96.0 Å². The smallest absolute Gasteiger partial charge is 0.290 e. The Morgan fingerprint density at radius 3 is 2.92 bits per heavy atom. The van der Waals surface area contributed by atoms with Crippen molar-refractivity contribution in [2.75, 3.05) is 0 Å². The second-order valence-corrected chi connectivity index (χ2v) is 6.66. The summed E-state index contributed by atoms with van der Waals surface area (Å²) < 4.78 is 5.91. The second kappa shape index (κ2) is 6.50. The number of amides is 2. The Labute approximate surface area is 152 Å². The van der Waals surface area contributed by atoms with Gasteiger partial charge in [0.15, 0.2) is 0 Å². The van der Waals surface area contributed by atoms with Crippen LogP contribution in [0.25, 0.3) is 28.2 Å². The van der Waals surface area contributed by atoms with Crippen LogP contribution >= 0.6 is 11.8 Å². The van der Waals surface area contributed by atoms with Gasteiger partial charge in [-0.25, -0.2) is 0 Å². The van der Waals surface area contributed by atoms with E-state index < -0.39 is 11.1 Å². The third-order valence-electron chi connectivity index (χ3n) is 3.88. The summed E-state index contributed by atoms with van der Waals surface area (Å²) in [7, 11) is 0. The number of benzene rings is 1. The normalized spacial score (nSPS) is 15.4. The Kier molecular flexibility index (Phi) is 4.03. The fourth-order valence-electron chi connectivity index (χ4n) is 2.75. The number of hydrogen-bond acceptors (Lipinski definition) is 6. The first-order chi connectivity index (χ1) is 12.6. The lowest BCUT2D eigenvalue weighted by molar-refractivity contribution is -0.115. The van der Waals surface area contributed by atoms with Gasteiger partial charge in [-0.1, -0.05) is 18.2 Å². The van der Waals surface area contributed by atoms with Crippen LogP contribution in [0.15, 0.2) is 52.0 Å². The molecule has 0 unspecified atom stereocenters. The van der Waals surface area contributed by atoms with E-state index in [9.17, 15) is 9.59 Å². The van der Waals surface area contributed by atoms with Crippen molar-refractivity contribution in [1.82, 2.24) is 10.3 Å². The number of rotatable bonds is 3. The number of nitrogens with zero attached hydrogens (tertiary/aromatic N) is 2. The molecule has 1 aromatic carbocycles. The van der Waals surface area contributed by atoms with Gasteiger partial charge in [0, 0.05) is 29.4 Å². The first kappa shape index (κ1) is 16.1. The molecule has 4 rings (SSSR count). The van der Waals surface area contributed by atoms with Crippen LogP contribution in [-0.2, 0) is 11.2 Å². The van der Waals surface area contributed by atoms with Gasteiger partial charge >= 0.3 is 0 Å². The largest absolute Gasteiger partial charge is 0.456 e. The molecule has 0 radical (unpaired) electrons. The van der Waals surface area contributed by atoms with E-state index in [2.05, 4.69) is 16.4 Å². The maximum absolute atomic E-state index is 11.7. The zero-order chi connectivity index (χ0) is 18.1. The molecule has 126 valence electrons. The molecule has 1 aliphatic rings. The number of fused-ring (bicyclic) bond motifs is 1. The molecule has 1 aliphatic heterocycles. The molecule has 1 saturated heterocycles. The van der Waals surface area contributed by atoms with Gasteiger partial charge in [0.1, 0.15) is 11.3 Å². The van der Waals surface area contributed by atoms with Crippen LogP contribution in [-0.4, -0.2) is 16.1 Å². The van der Waals surface area contributed by atoms with Crippen molar-refractivity contribution in [3.05, 3.63) is 59.0 Å². The lowest BCUT2D eigenvalue weighted by Crippen LogP contribution is -2.17. The summed E-state index contributed by atoms with van der Waals surface area (Å²) in [6.07, 6.45) is 5.25. The van der Waals surface area contributed by atoms with E-state index in [0.29, 0.717) is 22.7 Å². The fraction of sp³-hybridized carbons (Fsp3) is 0.0526. The third kappa shape index (κ3) is 2.98. The highest BCUT2D eigenvalue weighted by Gasteiger charge is 2.25. The molecule has 3 heterocycles. The number of carbonyl (C=O) groups is 2. The molecule has 0 saturated carbocycles. The Morgan fingerprint density at radius 1 is 1.27 bits per heavy atom. The number of hydrogen-bond donors (Lipinski definition) is 1. The highest BCUT2D eigenvalue weighted by molar-refractivity contribution is 8.18. The molecule has 26 heavy (non-hydrogen) atoms. The van der Waals surface area contributed by atoms with Crippen molar-refractivity contribution >= 4 is 40.0 Å². The van der Waals surface area contributed by atoms with Crippen LogP contribution in [0.4, 0.5) is 4.79 Å². The number of imide groups is 1. The first-order valence-corrected chi connectivity index (χ1v) is 8.54. The molecule has 0 bridgehead atoms. The number of thioether (sulfide) groups is 1. The minimum atomic E-state index is -0.428. The highest BCUT2D eigenvalue weighted by Crippen LogP contribution is 2.33. The van der Waals surface area contributed by atoms with Crippen molar-refractivity contribution in [2.24, 2.45) is 0 Å². The predicted molar refractivity (Wildman–Crippen MR) is 97.9 cm³/mol. The van der Waals surface area contributed by atoms with Gasteiger partial charge in [0.05, 0.1) is 17.4 Å². The van der Waals surface area contributed by atoms with Crippen LogP contribution in [0.1, 0.15) is 11.3 Å². The molecule has 0 spiro atoms. The van der Waals surface area contributed by atoms with Crippen molar-refractivity contribution in [3.63, 3.8) is 0 Å². The summed E-state index contributed by atoms with van der Waals surface area (Å²) in [5.41, 5.74) is 3.24. The van der Waals surface area contributed by atoms with Gasteiger partial charge in [-0.15, -0.1) is 0 Å². The number of furan rings is 1. The standard InChI is InChI=1S/C19H11N3O3S/c20-5-4-11-2-1-3-12(6-11)15-10-21-9-13-7-14(25-17(13)15)8-16-18(23)22-19(24)26-16/h1-3,6-10H,4H2,(H,22,23,24). The lowest BCUT2D eigenvalue weighted by Gasteiger charge is -2.03. The minimum Gasteiger partial charge on any atom is -0.456 e. The highest BCUT2D eigenvalue weighted by atomic mass is 32.2. The molecular weight excluding hydrogens is 350 g/mol. The Bertz CT molecular complexity index is 1120. The zero-order valence-corrected chi connectivity index (χ0v) is 14.2. The Hall–Kier alpha value is -3.37. The number of aromatic nitrogens is 1. The average Bonchev–Trinajstić information content (AvgIpc) is 3.17. The van der Waals surface area contributed by atoms with Gasteiger partial charge in [0.25, 0.3) is 11.1 Å². The first-order valence-electron chi connectivity index (χ1n) is 7.73. The van der Waals surface area contributed by atoms with E-state index in [1.807, 2.05) is 24.3 Å². The average molecular weight is 361 g/mol. The van der Waals surface area contributed by atoms with E-state index in [0.717, 1.165) is 33.8 Å². The van der Waals surface area contributed by atoms with Gasteiger partial charge in [0.2, 0.25) is 0 Å². The maximum atomic E-state index is 11.7. The summed E-state index contributed by atoms with van der Waals surface area (Å²) in [6, 6.07) is 11.5. The summed E-state index contributed by atoms with van der Waals surface area (Å²) >= 11 is 0.842. The van der Waals surface area contributed by atoms with Crippen molar-refractivity contribution in [3.8, 4) is 17.2 Å². The number of carbonyl (C=O) groups excluding carboxylic acids is 2. The molecule has 1 fully saturated rings.